The van der Waals surface area contributed by atoms with Crippen molar-refractivity contribution in [1.82, 2.24) is 19.8 Å². The summed E-state index contributed by atoms with van der Waals surface area (Å²) in [7, 11) is 1.56. The molecular weight excluding hydrogens is 368 g/mol. The fourth-order valence-corrected chi connectivity index (χ4v) is 3.27. The Balaban J connectivity index is 1.83. The SMILES string of the molecule is CCN(CC)C(=O)Cn1c(CNC(=O)c2cccc(OC)c2)nc2ccccc21. The molecule has 0 unspecified atom stereocenters. The van der Waals surface area contributed by atoms with Crippen molar-refractivity contribution in [3.05, 3.63) is 59.9 Å². The number of ether oxygens (including phenoxy) is 1. The first kappa shape index (κ1) is 20.4. The molecule has 0 spiro atoms. The van der Waals surface area contributed by atoms with Crippen molar-refractivity contribution >= 4 is 22.8 Å². The van der Waals surface area contributed by atoms with Crippen LogP contribution in [0.3, 0.4) is 0 Å². The summed E-state index contributed by atoms with van der Waals surface area (Å²) in [5.74, 6) is 1.06. The number of nitrogens with zero attached hydrogens (tertiary/aromatic N) is 3. The number of methoxy groups -OCH3 is 1. The lowest BCUT2D eigenvalue weighted by Crippen LogP contribution is -2.34. The van der Waals surface area contributed by atoms with Gasteiger partial charge in [-0.2, -0.15) is 0 Å². The molecule has 2 amide bonds. The minimum absolute atomic E-state index is 0.0264. The van der Waals surface area contributed by atoms with E-state index in [1.54, 1.807) is 36.3 Å². The number of para-hydroxylation sites is 2. The fraction of sp³-hybridized carbons (Fsp3) is 0.318. The van der Waals surface area contributed by atoms with Crippen molar-refractivity contribution in [2.45, 2.75) is 26.9 Å². The fourth-order valence-electron chi connectivity index (χ4n) is 3.27. The van der Waals surface area contributed by atoms with Crippen LogP contribution in [-0.2, 0) is 17.9 Å². The molecule has 7 heteroatoms. The van der Waals surface area contributed by atoms with Crippen LogP contribution in [0.15, 0.2) is 48.5 Å². The summed E-state index contributed by atoms with van der Waals surface area (Å²) in [6.07, 6.45) is 0. The molecule has 0 aliphatic rings. The van der Waals surface area contributed by atoms with E-state index in [2.05, 4.69) is 10.3 Å². The summed E-state index contributed by atoms with van der Waals surface area (Å²) >= 11 is 0. The molecule has 1 N–H and O–H groups in total. The third-order valence-corrected chi connectivity index (χ3v) is 4.88. The van der Waals surface area contributed by atoms with Crippen LogP contribution in [-0.4, -0.2) is 46.5 Å². The maximum atomic E-state index is 12.7. The number of likely N-dealkylation sites (N-methyl/N-ethyl adjacent to an activating group) is 1. The molecule has 0 atom stereocenters. The van der Waals surface area contributed by atoms with Crippen LogP contribution in [0.25, 0.3) is 11.0 Å². The molecular formula is C22H26N4O3. The van der Waals surface area contributed by atoms with E-state index in [1.807, 2.05) is 42.7 Å². The number of carbonyl (C=O) groups excluding carboxylic acids is 2. The van der Waals surface area contributed by atoms with Gasteiger partial charge in [-0.1, -0.05) is 18.2 Å². The van der Waals surface area contributed by atoms with Crippen LogP contribution in [0.4, 0.5) is 0 Å². The second-order valence-corrected chi connectivity index (χ2v) is 6.58. The molecule has 0 bridgehead atoms. The molecule has 152 valence electrons. The van der Waals surface area contributed by atoms with Gasteiger partial charge in [0.15, 0.2) is 0 Å². The zero-order valence-electron chi connectivity index (χ0n) is 17.0. The highest BCUT2D eigenvalue weighted by Gasteiger charge is 2.17. The monoisotopic (exact) mass is 394 g/mol. The van der Waals surface area contributed by atoms with Crippen molar-refractivity contribution in [1.29, 1.82) is 0 Å². The lowest BCUT2D eigenvalue weighted by atomic mass is 10.2. The lowest BCUT2D eigenvalue weighted by Gasteiger charge is -2.20. The van der Waals surface area contributed by atoms with E-state index in [0.717, 1.165) is 11.0 Å². The number of amides is 2. The van der Waals surface area contributed by atoms with E-state index in [4.69, 9.17) is 4.74 Å². The van der Waals surface area contributed by atoms with Crippen molar-refractivity contribution < 1.29 is 14.3 Å². The van der Waals surface area contributed by atoms with Gasteiger partial charge in [0, 0.05) is 18.7 Å². The third-order valence-electron chi connectivity index (χ3n) is 4.88. The first-order valence-electron chi connectivity index (χ1n) is 9.71. The summed E-state index contributed by atoms with van der Waals surface area (Å²) in [6.45, 7) is 5.64. The summed E-state index contributed by atoms with van der Waals surface area (Å²) in [4.78, 5) is 31.6. The number of hydrogen-bond acceptors (Lipinski definition) is 4. The molecule has 0 aliphatic carbocycles. The van der Waals surface area contributed by atoms with E-state index >= 15 is 0 Å². The number of carbonyl (C=O) groups is 2. The topological polar surface area (TPSA) is 76.5 Å². The Labute approximate surface area is 170 Å². The molecule has 3 aromatic rings. The van der Waals surface area contributed by atoms with Crippen LogP contribution in [0, 0.1) is 0 Å². The minimum Gasteiger partial charge on any atom is -0.497 e. The average molecular weight is 394 g/mol. The zero-order valence-corrected chi connectivity index (χ0v) is 17.0. The quantitative estimate of drug-likeness (QED) is 0.637. The van der Waals surface area contributed by atoms with Crippen molar-refractivity contribution in [3.8, 4) is 5.75 Å². The van der Waals surface area contributed by atoms with Crippen molar-refractivity contribution in [2.24, 2.45) is 0 Å². The van der Waals surface area contributed by atoms with Gasteiger partial charge >= 0.3 is 0 Å². The molecule has 0 saturated carbocycles. The van der Waals surface area contributed by atoms with Crippen molar-refractivity contribution in [3.63, 3.8) is 0 Å². The zero-order chi connectivity index (χ0) is 20.8. The number of fused-ring (bicyclic) bond motifs is 1. The number of imidazole rings is 1. The lowest BCUT2D eigenvalue weighted by molar-refractivity contribution is -0.131. The predicted molar refractivity (Wildman–Crippen MR) is 112 cm³/mol. The highest BCUT2D eigenvalue weighted by Crippen LogP contribution is 2.17. The Kier molecular flexibility index (Phi) is 6.49. The minimum atomic E-state index is -0.224. The standard InChI is InChI=1S/C22H26N4O3/c1-4-25(5-2)21(27)15-26-19-12-7-6-11-18(19)24-20(26)14-23-22(28)16-9-8-10-17(13-16)29-3/h6-13H,4-5,14-15H2,1-3H3,(H,23,28). The van der Waals surface area contributed by atoms with Crippen LogP contribution in [0.1, 0.15) is 30.0 Å². The second kappa shape index (κ2) is 9.23. The van der Waals surface area contributed by atoms with Crippen LogP contribution >= 0.6 is 0 Å². The molecule has 3 rings (SSSR count). The van der Waals surface area contributed by atoms with Crippen LogP contribution < -0.4 is 10.1 Å². The van der Waals surface area contributed by atoms with Crippen LogP contribution in [0.5, 0.6) is 5.75 Å². The van der Waals surface area contributed by atoms with E-state index in [9.17, 15) is 9.59 Å². The smallest absolute Gasteiger partial charge is 0.251 e. The van der Waals surface area contributed by atoms with Gasteiger partial charge < -0.3 is 19.5 Å². The summed E-state index contributed by atoms with van der Waals surface area (Å²) in [6, 6.07) is 14.6. The largest absolute Gasteiger partial charge is 0.497 e. The molecule has 0 aliphatic heterocycles. The van der Waals surface area contributed by atoms with Gasteiger partial charge in [0.05, 0.1) is 24.7 Å². The predicted octanol–water partition coefficient (Wildman–Crippen LogP) is 2.84. The molecule has 1 aromatic heterocycles. The summed E-state index contributed by atoms with van der Waals surface area (Å²) in [5.41, 5.74) is 2.18. The maximum Gasteiger partial charge on any atom is 0.251 e. The first-order chi connectivity index (χ1) is 14.1. The number of hydrogen-bond donors (Lipinski definition) is 1. The maximum absolute atomic E-state index is 12.7. The van der Waals surface area contributed by atoms with Crippen molar-refractivity contribution in [2.75, 3.05) is 20.2 Å². The second-order valence-electron chi connectivity index (χ2n) is 6.58. The van der Waals surface area contributed by atoms with E-state index in [0.29, 0.717) is 30.2 Å². The van der Waals surface area contributed by atoms with Gasteiger partial charge in [0.25, 0.3) is 5.91 Å². The van der Waals surface area contributed by atoms with E-state index in [-0.39, 0.29) is 24.9 Å². The van der Waals surface area contributed by atoms with Gasteiger partial charge in [0.2, 0.25) is 5.91 Å². The molecule has 2 aromatic carbocycles. The Morgan fingerprint density at radius 3 is 2.59 bits per heavy atom. The van der Waals surface area contributed by atoms with Gasteiger partial charge in [-0.05, 0) is 44.2 Å². The van der Waals surface area contributed by atoms with Gasteiger partial charge in [-0.25, -0.2) is 4.98 Å². The first-order valence-corrected chi connectivity index (χ1v) is 9.71. The number of nitrogens with one attached hydrogen (secondary N) is 1. The van der Waals surface area contributed by atoms with Gasteiger partial charge in [-0.3, -0.25) is 9.59 Å². The third kappa shape index (κ3) is 4.56. The number of rotatable bonds is 8. The van der Waals surface area contributed by atoms with E-state index in [1.165, 1.54) is 0 Å². The highest BCUT2D eigenvalue weighted by molar-refractivity contribution is 5.94. The van der Waals surface area contributed by atoms with Gasteiger partial charge in [-0.15, -0.1) is 0 Å². The normalized spacial score (nSPS) is 10.7. The van der Waals surface area contributed by atoms with Gasteiger partial charge in [0.1, 0.15) is 18.1 Å². The molecule has 0 fully saturated rings. The highest BCUT2D eigenvalue weighted by atomic mass is 16.5. The molecule has 0 radical (unpaired) electrons. The molecule has 0 saturated heterocycles. The Bertz CT molecular complexity index is 1010. The summed E-state index contributed by atoms with van der Waals surface area (Å²) in [5, 5.41) is 2.90. The van der Waals surface area contributed by atoms with E-state index < -0.39 is 0 Å². The molecule has 1 heterocycles. The average Bonchev–Trinajstić information content (AvgIpc) is 3.10. The Morgan fingerprint density at radius 2 is 1.86 bits per heavy atom. The number of aromatic nitrogens is 2. The Morgan fingerprint density at radius 1 is 1.10 bits per heavy atom. The molecule has 7 nitrogen and oxygen atoms in total. The Hall–Kier alpha value is -3.35. The van der Waals surface area contributed by atoms with Crippen LogP contribution in [0.2, 0.25) is 0 Å². The molecule has 29 heavy (non-hydrogen) atoms. The number of benzene rings is 2. The summed E-state index contributed by atoms with van der Waals surface area (Å²) < 4.78 is 7.05.